The van der Waals surface area contributed by atoms with Crippen LogP contribution in [0.4, 0.5) is 0 Å². The van der Waals surface area contributed by atoms with Crippen molar-refractivity contribution in [2.75, 3.05) is 12.3 Å². The molecule has 0 amide bonds. The van der Waals surface area contributed by atoms with Crippen molar-refractivity contribution in [1.82, 2.24) is 5.32 Å². The van der Waals surface area contributed by atoms with Gasteiger partial charge in [-0.1, -0.05) is 26.0 Å². The molecule has 1 aliphatic heterocycles. The summed E-state index contributed by atoms with van der Waals surface area (Å²) in [6, 6.07) is 2.91. The molecule has 100 valence electrons. The highest BCUT2D eigenvalue weighted by molar-refractivity contribution is 7.98. The largest absolute Gasteiger partial charge is 0.309 e. The van der Waals surface area contributed by atoms with E-state index >= 15 is 0 Å². The zero-order chi connectivity index (χ0) is 13.0. The Bertz CT molecular complexity index is 385. The first-order chi connectivity index (χ1) is 8.74. The van der Waals surface area contributed by atoms with Crippen LogP contribution in [0.15, 0.2) is 18.2 Å². The number of thioether (sulfide) groups is 1. The van der Waals surface area contributed by atoms with Crippen molar-refractivity contribution in [3.05, 3.63) is 33.5 Å². The molecule has 0 saturated carbocycles. The Balaban J connectivity index is 2.14. The van der Waals surface area contributed by atoms with E-state index in [9.17, 15) is 0 Å². The number of nitrogens with one attached hydrogen (secondary N) is 1. The number of thiophene rings is 1. The number of fused-ring (bicyclic) bond motifs is 1. The van der Waals surface area contributed by atoms with E-state index in [0.29, 0.717) is 6.04 Å². The van der Waals surface area contributed by atoms with Crippen LogP contribution in [0, 0.1) is 0 Å². The number of aryl methyl sites for hydroxylation is 1. The predicted octanol–water partition coefficient (Wildman–Crippen LogP) is 4.54. The van der Waals surface area contributed by atoms with Gasteiger partial charge in [-0.25, -0.2) is 0 Å². The lowest BCUT2D eigenvalue weighted by Crippen LogP contribution is -2.20. The second-order valence-electron chi connectivity index (χ2n) is 4.82. The van der Waals surface area contributed by atoms with Crippen LogP contribution >= 0.6 is 23.1 Å². The van der Waals surface area contributed by atoms with E-state index in [-0.39, 0.29) is 0 Å². The van der Waals surface area contributed by atoms with Gasteiger partial charge < -0.3 is 5.32 Å². The Morgan fingerprint density at radius 3 is 3.00 bits per heavy atom. The van der Waals surface area contributed by atoms with Crippen molar-refractivity contribution in [2.45, 2.75) is 44.9 Å². The minimum Gasteiger partial charge on any atom is -0.309 e. The summed E-state index contributed by atoms with van der Waals surface area (Å²) in [4.78, 5) is 3.13. The lowest BCUT2D eigenvalue weighted by Gasteiger charge is -2.17. The van der Waals surface area contributed by atoms with Crippen molar-refractivity contribution >= 4 is 23.1 Å². The quantitative estimate of drug-likeness (QED) is 0.768. The lowest BCUT2D eigenvalue weighted by atomic mass is 10.0. The summed E-state index contributed by atoms with van der Waals surface area (Å²) in [5.41, 5.74) is 2.93. The van der Waals surface area contributed by atoms with Gasteiger partial charge in [0.15, 0.2) is 0 Å². The zero-order valence-electron chi connectivity index (χ0n) is 11.4. The summed E-state index contributed by atoms with van der Waals surface area (Å²) in [5, 5.41) is 3.62. The molecular formula is C15H23NS2. The third-order valence-corrected chi connectivity index (χ3v) is 5.79. The standard InChI is InChI=1S/C15H23NS2/c1-4-11(3)8-13(16-5-2)15-9-12-10-17-7-6-14(12)18-15/h9,13,16H,3-8,10H2,1-2H3. The van der Waals surface area contributed by atoms with Crippen LogP contribution in [0.5, 0.6) is 0 Å². The molecule has 0 saturated heterocycles. The molecule has 0 bridgehead atoms. The fourth-order valence-corrected chi connectivity index (χ4v) is 4.75. The SMILES string of the molecule is C=C(CC)CC(NCC)c1cc2c(s1)CCSC2. The van der Waals surface area contributed by atoms with E-state index in [4.69, 9.17) is 0 Å². The summed E-state index contributed by atoms with van der Waals surface area (Å²) < 4.78 is 0. The summed E-state index contributed by atoms with van der Waals surface area (Å²) >= 11 is 4.08. The Morgan fingerprint density at radius 2 is 2.33 bits per heavy atom. The molecule has 2 heterocycles. The number of hydrogen-bond donors (Lipinski definition) is 1. The Morgan fingerprint density at radius 1 is 1.50 bits per heavy atom. The fraction of sp³-hybridized carbons (Fsp3) is 0.600. The highest BCUT2D eigenvalue weighted by atomic mass is 32.2. The van der Waals surface area contributed by atoms with Gasteiger partial charge in [0.05, 0.1) is 0 Å². The number of hydrogen-bond acceptors (Lipinski definition) is 3. The van der Waals surface area contributed by atoms with Crippen LogP contribution in [-0.2, 0) is 12.2 Å². The molecular weight excluding hydrogens is 258 g/mol. The van der Waals surface area contributed by atoms with Crippen molar-refractivity contribution < 1.29 is 0 Å². The maximum absolute atomic E-state index is 4.16. The topological polar surface area (TPSA) is 12.0 Å². The first-order valence-electron chi connectivity index (χ1n) is 6.83. The Kier molecular flexibility index (Phi) is 5.34. The van der Waals surface area contributed by atoms with Gasteiger partial charge in [0, 0.05) is 21.5 Å². The molecule has 1 aromatic rings. The summed E-state index contributed by atoms with van der Waals surface area (Å²) in [6.45, 7) is 9.57. The van der Waals surface area contributed by atoms with E-state index in [2.05, 4.69) is 43.6 Å². The lowest BCUT2D eigenvalue weighted by molar-refractivity contribution is 0.551. The van der Waals surface area contributed by atoms with Gasteiger partial charge in [-0.05, 0) is 43.2 Å². The van der Waals surface area contributed by atoms with Crippen molar-refractivity contribution in [3.63, 3.8) is 0 Å². The first-order valence-corrected chi connectivity index (χ1v) is 8.81. The van der Waals surface area contributed by atoms with E-state index in [1.165, 1.54) is 28.4 Å². The van der Waals surface area contributed by atoms with Crippen molar-refractivity contribution in [3.8, 4) is 0 Å². The number of rotatable bonds is 6. The van der Waals surface area contributed by atoms with Crippen LogP contribution in [0.2, 0.25) is 0 Å². The highest BCUT2D eigenvalue weighted by Crippen LogP contribution is 2.36. The molecule has 18 heavy (non-hydrogen) atoms. The van der Waals surface area contributed by atoms with Gasteiger partial charge in [0.25, 0.3) is 0 Å². The molecule has 0 spiro atoms. The second kappa shape index (κ2) is 6.78. The van der Waals surface area contributed by atoms with Crippen LogP contribution in [0.3, 0.4) is 0 Å². The van der Waals surface area contributed by atoms with Crippen molar-refractivity contribution in [2.24, 2.45) is 0 Å². The third-order valence-electron chi connectivity index (χ3n) is 3.43. The van der Waals surface area contributed by atoms with E-state index in [1.54, 1.807) is 10.4 Å². The van der Waals surface area contributed by atoms with Gasteiger partial charge in [-0.2, -0.15) is 11.8 Å². The van der Waals surface area contributed by atoms with Gasteiger partial charge >= 0.3 is 0 Å². The molecule has 0 fully saturated rings. The Labute approximate surface area is 119 Å². The fourth-order valence-electron chi connectivity index (χ4n) is 2.29. The van der Waals surface area contributed by atoms with Crippen LogP contribution in [-0.4, -0.2) is 12.3 Å². The molecule has 2 rings (SSSR count). The maximum Gasteiger partial charge on any atom is 0.0452 e. The molecule has 0 aromatic carbocycles. The monoisotopic (exact) mass is 281 g/mol. The van der Waals surface area contributed by atoms with Crippen LogP contribution < -0.4 is 5.32 Å². The van der Waals surface area contributed by atoms with Crippen LogP contribution in [0.1, 0.15) is 48.0 Å². The van der Waals surface area contributed by atoms with Crippen LogP contribution in [0.25, 0.3) is 0 Å². The minimum absolute atomic E-state index is 0.475. The summed E-state index contributed by atoms with van der Waals surface area (Å²) in [5.74, 6) is 2.50. The minimum atomic E-state index is 0.475. The molecule has 1 atom stereocenters. The van der Waals surface area contributed by atoms with Gasteiger partial charge in [0.2, 0.25) is 0 Å². The van der Waals surface area contributed by atoms with Gasteiger partial charge in [-0.3, -0.25) is 0 Å². The molecule has 3 heteroatoms. The maximum atomic E-state index is 4.16. The molecule has 1 aliphatic rings. The van der Waals surface area contributed by atoms with E-state index in [1.807, 2.05) is 11.3 Å². The molecule has 1 aromatic heterocycles. The van der Waals surface area contributed by atoms with Gasteiger partial charge in [-0.15, -0.1) is 11.3 Å². The average Bonchev–Trinajstić information content (AvgIpc) is 2.81. The smallest absolute Gasteiger partial charge is 0.0452 e. The second-order valence-corrected chi connectivity index (χ2v) is 7.09. The summed E-state index contributed by atoms with van der Waals surface area (Å²) in [6.07, 6.45) is 3.43. The highest BCUT2D eigenvalue weighted by Gasteiger charge is 2.19. The predicted molar refractivity (Wildman–Crippen MR) is 84.7 cm³/mol. The molecule has 1 N–H and O–H groups in total. The molecule has 1 unspecified atom stereocenters. The molecule has 0 radical (unpaired) electrons. The van der Waals surface area contributed by atoms with E-state index in [0.717, 1.165) is 19.4 Å². The summed E-state index contributed by atoms with van der Waals surface area (Å²) in [7, 11) is 0. The average molecular weight is 281 g/mol. The molecule has 0 aliphatic carbocycles. The third kappa shape index (κ3) is 3.40. The van der Waals surface area contributed by atoms with Crippen molar-refractivity contribution in [1.29, 1.82) is 0 Å². The first kappa shape index (κ1) is 14.2. The molecule has 1 nitrogen and oxygen atoms in total. The normalized spacial score (nSPS) is 16.3. The van der Waals surface area contributed by atoms with Gasteiger partial charge in [0.1, 0.15) is 0 Å². The Hall–Kier alpha value is -0.250. The zero-order valence-corrected chi connectivity index (χ0v) is 13.1. The van der Waals surface area contributed by atoms with E-state index < -0.39 is 0 Å².